The van der Waals surface area contributed by atoms with Crippen molar-refractivity contribution in [2.45, 2.75) is 12.8 Å². The van der Waals surface area contributed by atoms with Gasteiger partial charge in [0.05, 0.1) is 16.9 Å². The minimum atomic E-state index is -1.25. The van der Waals surface area contributed by atoms with Crippen LogP contribution in [0.4, 0.5) is 11.4 Å². The van der Waals surface area contributed by atoms with E-state index in [0.29, 0.717) is 27.5 Å². The number of benzene rings is 4. The lowest BCUT2D eigenvalue weighted by Gasteiger charge is -2.25. The molecular formula is C35H26Cl2N2O5. The molecule has 1 N–H and O–H groups in total. The SMILES string of the molecule is O=C(c1ccc(Oc2ccccc2Oc2ccccc2Cl)c(C(=O)O)c1)c1ccc(N(CC2CC2)c2ccc(Cl)cc2)cn1. The summed E-state index contributed by atoms with van der Waals surface area (Å²) in [5, 5.41) is 11.1. The molecule has 1 fully saturated rings. The van der Waals surface area contributed by atoms with Gasteiger partial charge in [-0.15, -0.1) is 0 Å². The van der Waals surface area contributed by atoms with Gasteiger partial charge in [-0.2, -0.15) is 0 Å². The van der Waals surface area contributed by atoms with Crippen molar-refractivity contribution in [2.24, 2.45) is 5.92 Å². The minimum absolute atomic E-state index is 0.0475. The van der Waals surface area contributed by atoms with Gasteiger partial charge in [-0.05, 0) is 97.6 Å². The molecule has 7 nitrogen and oxygen atoms in total. The summed E-state index contributed by atoms with van der Waals surface area (Å²) in [4.78, 5) is 32.3. The Morgan fingerprint density at radius 3 is 2.02 bits per heavy atom. The third kappa shape index (κ3) is 6.70. The fraction of sp³-hybridized carbons (Fsp3) is 0.114. The molecule has 0 spiro atoms. The number of para-hydroxylation sites is 3. The lowest BCUT2D eigenvalue weighted by Crippen LogP contribution is -2.20. The van der Waals surface area contributed by atoms with E-state index in [2.05, 4.69) is 9.88 Å². The van der Waals surface area contributed by atoms with E-state index >= 15 is 0 Å². The Bertz CT molecular complexity index is 1820. The van der Waals surface area contributed by atoms with Crippen molar-refractivity contribution in [3.8, 4) is 23.0 Å². The number of hydrogen-bond acceptors (Lipinski definition) is 6. The summed E-state index contributed by atoms with van der Waals surface area (Å²) in [7, 11) is 0. The highest BCUT2D eigenvalue weighted by Gasteiger charge is 2.26. The van der Waals surface area contributed by atoms with Crippen LogP contribution < -0.4 is 14.4 Å². The first kappa shape index (κ1) is 29.2. The Hall–Kier alpha value is -4.85. The van der Waals surface area contributed by atoms with Crippen molar-refractivity contribution in [2.75, 3.05) is 11.4 Å². The number of carboxylic acids is 1. The van der Waals surface area contributed by atoms with E-state index < -0.39 is 11.8 Å². The van der Waals surface area contributed by atoms with Crippen LogP contribution in [0.1, 0.15) is 39.3 Å². The number of anilines is 2. The molecule has 44 heavy (non-hydrogen) atoms. The fourth-order valence-electron chi connectivity index (χ4n) is 4.68. The maximum Gasteiger partial charge on any atom is 0.339 e. The summed E-state index contributed by atoms with van der Waals surface area (Å²) in [6.07, 6.45) is 4.02. The number of hydrogen-bond donors (Lipinski definition) is 1. The van der Waals surface area contributed by atoms with Gasteiger partial charge < -0.3 is 19.5 Å². The standard InChI is InChI=1S/C35H26Cl2N2O5/c36-24-12-14-25(15-13-24)39(21-22-9-10-22)26-16-17-29(38-20-26)34(40)23-11-18-30(27(19-23)35(41)42)43-32-7-3-4-8-33(32)44-31-6-2-1-5-28(31)37/h1-8,11-20,22H,9-10,21H2,(H,41,42). The first-order valence-corrected chi connectivity index (χ1v) is 14.7. The highest BCUT2D eigenvalue weighted by atomic mass is 35.5. The smallest absolute Gasteiger partial charge is 0.339 e. The Kier molecular flexibility index (Phi) is 8.50. The summed E-state index contributed by atoms with van der Waals surface area (Å²) in [5.41, 5.74) is 2.02. The summed E-state index contributed by atoms with van der Waals surface area (Å²) in [5.74, 6) is 0.0443. The number of aromatic carboxylic acids is 1. The van der Waals surface area contributed by atoms with Gasteiger partial charge in [-0.25, -0.2) is 4.79 Å². The zero-order valence-electron chi connectivity index (χ0n) is 23.3. The van der Waals surface area contributed by atoms with E-state index in [1.54, 1.807) is 60.8 Å². The quantitative estimate of drug-likeness (QED) is 0.146. The number of ether oxygens (including phenoxy) is 2. The summed E-state index contributed by atoms with van der Waals surface area (Å²) >= 11 is 12.3. The van der Waals surface area contributed by atoms with Crippen LogP contribution in [0, 0.1) is 5.92 Å². The van der Waals surface area contributed by atoms with Crippen LogP contribution in [-0.2, 0) is 0 Å². The molecule has 1 heterocycles. The van der Waals surface area contributed by atoms with Crippen LogP contribution in [0.5, 0.6) is 23.0 Å². The van der Waals surface area contributed by atoms with Crippen LogP contribution in [0.15, 0.2) is 109 Å². The molecule has 1 saturated carbocycles. The number of ketones is 1. The second kappa shape index (κ2) is 12.8. The molecule has 0 bridgehead atoms. The van der Waals surface area contributed by atoms with Crippen LogP contribution in [0.25, 0.3) is 0 Å². The van der Waals surface area contributed by atoms with E-state index in [1.807, 2.05) is 30.3 Å². The van der Waals surface area contributed by atoms with Gasteiger partial charge in [-0.1, -0.05) is 47.5 Å². The zero-order chi connectivity index (χ0) is 30.6. The van der Waals surface area contributed by atoms with Crippen molar-refractivity contribution < 1.29 is 24.2 Å². The normalized spacial score (nSPS) is 12.4. The van der Waals surface area contributed by atoms with Gasteiger partial charge in [0, 0.05) is 22.8 Å². The summed E-state index contributed by atoms with van der Waals surface area (Å²) in [6, 6.07) is 29.2. The summed E-state index contributed by atoms with van der Waals surface area (Å²) in [6.45, 7) is 0.840. The van der Waals surface area contributed by atoms with Crippen molar-refractivity contribution in [1.29, 1.82) is 0 Å². The molecule has 0 amide bonds. The van der Waals surface area contributed by atoms with Crippen LogP contribution in [0.2, 0.25) is 10.0 Å². The maximum absolute atomic E-state index is 13.4. The fourth-order valence-corrected chi connectivity index (χ4v) is 4.98. The minimum Gasteiger partial charge on any atom is -0.478 e. The first-order valence-electron chi connectivity index (χ1n) is 14.0. The molecule has 5 aromatic rings. The van der Waals surface area contributed by atoms with Crippen molar-refractivity contribution in [3.63, 3.8) is 0 Å². The largest absolute Gasteiger partial charge is 0.478 e. The van der Waals surface area contributed by atoms with Crippen molar-refractivity contribution >= 4 is 46.3 Å². The van der Waals surface area contributed by atoms with Gasteiger partial charge in [0.1, 0.15) is 22.8 Å². The number of rotatable bonds is 11. The number of carbonyl (C=O) groups excluding carboxylic acids is 1. The molecule has 4 aromatic carbocycles. The zero-order valence-corrected chi connectivity index (χ0v) is 24.8. The molecule has 1 aliphatic rings. The van der Waals surface area contributed by atoms with Gasteiger partial charge >= 0.3 is 5.97 Å². The molecule has 6 rings (SSSR count). The molecular weight excluding hydrogens is 599 g/mol. The first-order chi connectivity index (χ1) is 21.4. The van der Waals surface area contributed by atoms with Gasteiger partial charge in [0.25, 0.3) is 0 Å². The molecule has 220 valence electrons. The highest BCUT2D eigenvalue weighted by Crippen LogP contribution is 2.39. The Morgan fingerprint density at radius 1 is 0.773 bits per heavy atom. The third-order valence-corrected chi connectivity index (χ3v) is 7.73. The number of nitrogens with zero attached hydrogens (tertiary/aromatic N) is 2. The molecule has 0 atom stereocenters. The molecule has 1 aromatic heterocycles. The Morgan fingerprint density at radius 2 is 1.41 bits per heavy atom. The highest BCUT2D eigenvalue weighted by molar-refractivity contribution is 6.32. The predicted octanol–water partition coefficient (Wildman–Crippen LogP) is 9.45. The number of aromatic nitrogens is 1. The van der Waals surface area contributed by atoms with Gasteiger partial charge in [0.15, 0.2) is 11.5 Å². The van der Waals surface area contributed by atoms with Crippen molar-refractivity contribution in [1.82, 2.24) is 4.98 Å². The second-order valence-electron chi connectivity index (χ2n) is 10.4. The molecule has 0 saturated heterocycles. The van der Waals surface area contributed by atoms with Crippen molar-refractivity contribution in [3.05, 3.63) is 136 Å². The number of halogens is 2. The Labute approximate surface area is 264 Å². The maximum atomic E-state index is 13.4. The third-order valence-electron chi connectivity index (χ3n) is 7.17. The van der Waals surface area contributed by atoms with E-state index in [4.69, 9.17) is 32.7 Å². The predicted molar refractivity (Wildman–Crippen MR) is 170 cm³/mol. The van der Waals surface area contributed by atoms with Crippen LogP contribution >= 0.6 is 23.2 Å². The average molecular weight is 626 g/mol. The van der Waals surface area contributed by atoms with E-state index in [0.717, 1.165) is 17.9 Å². The van der Waals surface area contributed by atoms with E-state index in [1.165, 1.54) is 31.0 Å². The molecule has 1 aliphatic carbocycles. The topological polar surface area (TPSA) is 89.0 Å². The molecule has 9 heteroatoms. The molecule has 0 unspecified atom stereocenters. The lowest BCUT2D eigenvalue weighted by molar-refractivity contribution is 0.0694. The Balaban J connectivity index is 1.23. The van der Waals surface area contributed by atoms with Gasteiger partial charge in [-0.3, -0.25) is 9.78 Å². The van der Waals surface area contributed by atoms with Crippen LogP contribution in [-0.4, -0.2) is 28.4 Å². The van der Waals surface area contributed by atoms with E-state index in [9.17, 15) is 14.7 Å². The van der Waals surface area contributed by atoms with E-state index in [-0.39, 0.29) is 28.3 Å². The number of carboxylic acid groups (broad SMARTS) is 1. The number of pyridine rings is 1. The average Bonchev–Trinajstić information content (AvgIpc) is 3.87. The number of carbonyl (C=O) groups is 2. The molecule has 0 aliphatic heterocycles. The molecule has 0 radical (unpaired) electrons. The van der Waals surface area contributed by atoms with Crippen LogP contribution in [0.3, 0.4) is 0 Å². The monoisotopic (exact) mass is 624 g/mol. The summed E-state index contributed by atoms with van der Waals surface area (Å²) < 4.78 is 11.9. The van der Waals surface area contributed by atoms with Gasteiger partial charge in [0.2, 0.25) is 5.78 Å². The lowest BCUT2D eigenvalue weighted by atomic mass is 10.0. The second-order valence-corrected chi connectivity index (χ2v) is 11.2.